The summed E-state index contributed by atoms with van der Waals surface area (Å²) in [5, 5.41) is 11.5. The Balaban J connectivity index is 2.21. The van der Waals surface area contributed by atoms with Crippen LogP contribution in [-0.4, -0.2) is 27.7 Å². The van der Waals surface area contributed by atoms with Crippen LogP contribution < -0.4 is 0 Å². The molecule has 0 amide bonds. The number of carboxylic acid groups (broad SMARTS) is 1. The number of hydrogen-bond donors (Lipinski definition) is 1. The standard InChI is InChI=1S/C33H54O4SSi2/c1-12-27(14-13-15-31(34)35)30-21-26(24-38-30)17-16-25-18-19-28(22-36-39(8,9)32(2,3)4)29(20-25)23-37-40(10,11)33(5,6)7/h14,18-21,24H,12-13,15-17,22-23H2,1-11H3,(H,34,35). The molecule has 1 N–H and O–H groups in total. The summed E-state index contributed by atoms with van der Waals surface area (Å²) in [7, 11) is -3.75. The molecular formula is C33H54O4SSi2. The second kappa shape index (κ2) is 14.1. The van der Waals surface area contributed by atoms with Gasteiger partial charge in [0.1, 0.15) is 0 Å². The second-order valence-corrected chi connectivity index (χ2v) is 24.6. The number of carbonyl (C=O) groups is 1. The van der Waals surface area contributed by atoms with Gasteiger partial charge in [0, 0.05) is 11.3 Å². The van der Waals surface area contributed by atoms with Crippen molar-refractivity contribution in [2.45, 2.75) is 130 Å². The van der Waals surface area contributed by atoms with Crippen molar-refractivity contribution in [3.63, 3.8) is 0 Å². The maximum absolute atomic E-state index is 10.9. The van der Waals surface area contributed by atoms with Gasteiger partial charge in [-0.05, 0) is 101 Å². The summed E-state index contributed by atoms with van der Waals surface area (Å²) < 4.78 is 13.3. The first-order chi connectivity index (χ1) is 18.4. The molecule has 224 valence electrons. The zero-order valence-corrected chi connectivity index (χ0v) is 29.8. The first kappa shape index (κ1) is 34.7. The number of hydrogen-bond acceptors (Lipinski definition) is 4. The van der Waals surface area contributed by atoms with Crippen LogP contribution in [0.1, 0.15) is 94.9 Å². The van der Waals surface area contributed by atoms with E-state index in [0.717, 1.165) is 19.3 Å². The van der Waals surface area contributed by atoms with E-state index in [9.17, 15) is 4.79 Å². The van der Waals surface area contributed by atoms with E-state index in [4.69, 9.17) is 14.0 Å². The Labute approximate surface area is 250 Å². The highest BCUT2D eigenvalue weighted by molar-refractivity contribution is 7.11. The first-order valence-corrected chi connectivity index (χ1v) is 21.4. The largest absolute Gasteiger partial charge is 0.481 e. The highest BCUT2D eigenvalue weighted by atomic mass is 32.1. The molecule has 2 rings (SSSR count). The normalized spacial score (nSPS) is 13.6. The van der Waals surface area contributed by atoms with Gasteiger partial charge in [0.15, 0.2) is 16.6 Å². The second-order valence-electron chi connectivity index (χ2n) is 14.0. The van der Waals surface area contributed by atoms with Gasteiger partial charge in [0.25, 0.3) is 0 Å². The fraction of sp³-hybridized carbons (Fsp3) is 0.606. The topological polar surface area (TPSA) is 55.8 Å². The maximum Gasteiger partial charge on any atom is 0.303 e. The zero-order chi connectivity index (χ0) is 30.4. The summed E-state index contributed by atoms with van der Waals surface area (Å²) >= 11 is 1.76. The molecule has 0 fully saturated rings. The van der Waals surface area contributed by atoms with Crippen LogP contribution >= 0.6 is 11.3 Å². The van der Waals surface area contributed by atoms with Crippen LogP contribution in [0.25, 0.3) is 5.57 Å². The molecule has 0 spiro atoms. The third-order valence-corrected chi connectivity index (χ3v) is 18.9. The third kappa shape index (κ3) is 10.1. The molecule has 7 heteroatoms. The number of aliphatic carboxylic acids is 1. The molecule has 0 aliphatic rings. The summed E-state index contributed by atoms with van der Waals surface area (Å²) in [6.45, 7) is 26.4. The Morgan fingerprint density at radius 2 is 1.43 bits per heavy atom. The molecule has 0 atom stereocenters. The lowest BCUT2D eigenvalue weighted by atomic mass is 10.00. The predicted octanol–water partition coefficient (Wildman–Crippen LogP) is 10.2. The number of carboxylic acids is 1. The number of thiophene rings is 1. The fourth-order valence-corrected chi connectivity index (χ4v) is 6.77. The van der Waals surface area contributed by atoms with Gasteiger partial charge in [-0.1, -0.05) is 72.7 Å². The van der Waals surface area contributed by atoms with Crippen molar-refractivity contribution < 1.29 is 18.8 Å². The Morgan fingerprint density at radius 3 is 1.95 bits per heavy atom. The molecule has 1 aromatic carbocycles. The molecule has 0 radical (unpaired) electrons. The van der Waals surface area contributed by atoms with Crippen LogP contribution in [0.4, 0.5) is 0 Å². The van der Waals surface area contributed by atoms with E-state index >= 15 is 0 Å². The van der Waals surface area contributed by atoms with Gasteiger partial charge in [0.2, 0.25) is 0 Å². The average molecular weight is 603 g/mol. The van der Waals surface area contributed by atoms with E-state index < -0.39 is 22.6 Å². The molecule has 2 aromatic rings. The Morgan fingerprint density at radius 1 is 0.875 bits per heavy atom. The van der Waals surface area contributed by atoms with E-state index in [1.807, 2.05) is 0 Å². The summed E-state index contributed by atoms with van der Waals surface area (Å²) in [5.41, 5.74) is 6.40. The number of benzene rings is 1. The molecule has 0 saturated heterocycles. The quantitative estimate of drug-likeness (QED) is 0.219. The van der Waals surface area contributed by atoms with Gasteiger partial charge in [-0.25, -0.2) is 0 Å². The SMILES string of the molecule is CCC(=CCCC(=O)O)c1cc(CCc2ccc(CO[Si](C)(C)C(C)(C)C)c(CO[Si](C)(C)C(C)(C)C)c2)cs1. The number of rotatable bonds is 14. The molecule has 0 saturated carbocycles. The molecule has 4 nitrogen and oxygen atoms in total. The van der Waals surface area contributed by atoms with Crippen molar-refractivity contribution in [2.75, 3.05) is 0 Å². The minimum absolute atomic E-state index is 0.165. The molecule has 1 aromatic heterocycles. The zero-order valence-electron chi connectivity index (χ0n) is 27.0. The van der Waals surface area contributed by atoms with Gasteiger partial charge in [-0.3, -0.25) is 4.79 Å². The van der Waals surface area contributed by atoms with Gasteiger partial charge in [0.05, 0.1) is 13.2 Å². The van der Waals surface area contributed by atoms with E-state index in [-0.39, 0.29) is 16.5 Å². The van der Waals surface area contributed by atoms with Crippen LogP contribution in [0.3, 0.4) is 0 Å². The maximum atomic E-state index is 10.9. The van der Waals surface area contributed by atoms with Crippen molar-refractivity contribution in [2.24, 2.45) is 0 Å². The minimum Gasteiger partial charge on any atom is -0.481 e. The lowest BCUT2D eigenvalue weighted by Gasteiger charge is -2.37. The van der Waals surface area contributed by atoms with Crippen LogP contribution in [0.15, 0.2) is 35.7 Å². The van der Waals surface area contributed by atoms with Crippen molar-refractivity contribution in [3.8, 4) is 0 Å². The lowest BCUT2D eigenvalue weighted by molar-refractivity contribution is -0.136. The van der Waals surface area contributed by atoms with Gasteiger partial charge >= 0.3 is 5.97 Å². The number of aryl methyl sites for hydroxylation is 2. The van der Waals surface area contributed by atoms with Crippen molar-refractivity contribution in [3.05, 3.63) is 62.9 Å². The summed E-state index contributed by atoms with van der Waals surface area (Å²) in [6.07, 6.45) is 5.71. The van der Waals surface area contributed by atoms with Gasteiger partial charge in [-0.15, -0.1) is 11.3 Å². The van der Waals surface area contributed by atoms with E-state index in [0.29, 0.717) is 19.6 Å². The van der Waals surface area contributed by atoms with Crippen LogP contribution in [0.5, 0.6) is 0 Å². The fourth-order valence-electron chi connectivity index (χ4n) is 3.81. The van der Waals surface area contributed by atoms with Crippen molar-refractivity contribution >= 4 is 39.5 Å². The molecule has 1 heterocycles. The summed E-state index contributed by atoms with van der Waals surface area (Å²) in [5.74, 6) is -0.745. The molecule has 40 heavy (non-hydrogen) atoms. The monoisotopic (exact) mass is 602 g/mol. The molecule has 0 aliphatic carbocycles. The summed E-state index contributed by atoms with van der Waals surface area (Å²) in [6, 6.07) is 9.14. The minimum atomic E-state index is -1.89. The lowest BCUT2D eigenvalue weighted by Crippen LogP contribution is -2.41. The van der Waals surface area contributed by atoms with E-state index in [1.165, 1.54) is 32.7 Å². The molecule has 0 unspecified atom stereocenters. The number of allylic oxidation sites excluding steroid dienone is 2. The smallest absolute Gasteiger partial charge is 0.303 e. The van der Waals surface area contributed by atoms with E-state index in [1.54, 1.807) is 11.3 Å². The Kier molecular flexibility index (Phi) is 12.2. The third-order valence-electron chi connectivity index (χ3n) is 8.86. The highest BCUT2D eigenvalue weighted by Crippen LogP contribution is 2.39. The Bertz CT molecular complexity index is 1150. The van der Waals surface area contributed by atoms with E-state index in [2.05, 4.69) is 110 Å². The highest BCUT2D eigenvalue weighted by Gasteiger charge is 2.38. The van der Waals surface area contributed by atoms with Gasteiger partial charge < -0.3 is 14.0 Å². The van der Waals surface area contributed by atoms with Crippen molar-refractivity contribution in [1.29, 1.82) is 0 Å². The average Bonchev–Trinajstić information content (AvgIpc) is 3.30. The molecule has 0 aliphatic heterocycles. The van der Waals surface area contributed by atoms with Crippen LogP contribution in [-0.2, 0) is 39.7 Å². The summed E-state index contributed by atoms with van der Waals surface area (Å²) in [4.78, 5) is 12.1. The molecule has 0 bridgehead atoms. The Hall–Kier alpha value is -1.52. The van der Waals surface area contributed by atoms with Crippen LogP contribution in [0.2, 0.25) is 36.3 Å². The first-order valence-electron chi connectivity index (χ1n) is 14.7. The van der Waals surface area contributed by atoms with Crippen molar-refractivity contribution in [1.82, 2.24) is 0 Å². The predicted molar refractivity (Wildman–Crippen MR) is 177 cm³/mol. The van der Waals surface area contributed by atoms with Gasteiger partial charge in [-0.2, -0.15) is 0 Å². The molecular weight excluding hydrogens is 549 g/mol. The van der Waals surface area contributed by atoms with Crippen LogP contribution in [0, 0.1) is 0 Å².